The number of Topliss-reactive ketones (excluding diaryl/α,β-unsaturated/α-hetero) is 1. The van der Waals surface area contributed by atoms with E-state index in [4.69, 9.17) is 4.74 Å². The highest BCUT2D eigenvalue weighted by Crippen LogP contribution is 2.32. The van der Waals surface area contributed by atoms with Gasteiger partial charge in [-0.15, -0.1) is 11.8 Å². The second kappa shape index (κ2) is 4.85. The highest BCUT2D eigenvalue weighted by molar-refractivity contribution is 8.00. The molecule has 0 aliphatic carbocycles. The molecule has 0 unspecified atom stereocenters. The van der Waals surface area contributed by atoms with Gasteiger partial charge in [0, 0.05) is 11.0 Å². The second-order valence-corrected chi connectivity index (χ2v) is 5.14. The van der Waals surface area contributed by atoms with Crippen molar-refractivity contribution in [2.75, 3.05) is 13.2 Å². The fourth-order valence-electron chi connectivity index (χ4n) is 1.51. The van der Waals surface area contributed by atoms with Crippen molar-refractivity contribution in [2.45, 2.75) is 17.1 Å². The van der Waals surface area contributed by atoms with Crippen LogP contribution in [-0.2, 0) is 4.74 Å². The smallest absolute Gasteiger partial charge is 0.281 e. The van der Waals surface area contributed by atoms with Gasteiger partial charge in [-0.3, -0.25) is 14.9 Å². The van der Waals surface area contributed by atoms with E-state index < -0.39 is 4.92 Å². The summed E-state index contributed by atoms with van der Waals surface area (Å²) in [6, 6.07) is 4.72. The number of ether oxygens (including phenoxy) is 1. The normalized spacial score (nSPS) is 15.4. The molecule has 1 aromatic rings. The maximum absolute atomic E-state index is 11.2. The van der Waals surface area contributed by atoms with Gasteiger partial charge >= 0.3 is 0 Å². The zero-order valence-corrected chi connectivity index (χ0v) is 10.0. The Kier molecular flexibility index (Phi) is 3.44. The molecule has 0 aromatic heterocycles. The van der Waals surface area contributed by atoms with Gasteiger partial charge in [0.1, 0.15) is 0 Å². The van der Waals surface area contributed by atoms with Gasteiger partial charge in [-0.05, 0) is 19.1 Å². The molecule has 1 aromatic carbocycles. The lowest BCUT2D eigenvalue weighted by molar-refractivity contribution is -0.385. The number of rotatable bonds is 4. The molecule has 90 valence electrons. The van der Waals surface area contributed by atoms with Gasteiger partial charge in [0.2, 0.25) is 0 Å². The van der Waals surface area contributed by atoms with E-state index in [0.29, 0.717) is 18.5 Å². The predicted molar refractivity (Wildman–Crippen MR) is 63.6 cm³/mol. The van der Waals surface area contributed by atoms with Gasteiger partial charge in [-0.1, -0.05) is 0 Å². The van der Waals surface area contributed by atoms with Crippen molar-refractivity contribution in [3.05, 3.63) is 33.9 Å². The summed E-state index contributed by atoms with van der Waals surface area (Å²) < 4.78 is 5.04. The topological polar surface area (TPSA) is 69.4 Å². The standard InChI is InChI=1S/C11H11NO4S/c1-7(13)10-3-2-8(4-11(10)12(14)15)17-9-5-16-6-9/h2-4,9H,5-6H2,1H3. The number of benzene rings is 1. The minimum atomic E-state index is -0.516. The lowest BCUT2D eigenvalue weighted by Gasteiger charge is -2.25. The number of nitro groups is 1. The molecule has 0 amide bonds. The number of hydrogen-bond donors (Lipinski definition) is 0. The van der Waals surface area contributed by atoms with Crippen molar-refractivity contribution < 1.29 is 14.5 Å². The molecule has 0 atom stereocenters. The Hall–Kier alpha value is -1.40. The van der Waals surface area contributed by atoms with Crippen LogP contribution in [0.4, 0.5) is 5.69 Å². The van der Waals surface area contributed by atoms with Gasteiger partial charge < -0.3 is 4.74 Å². The van der Waals surface area contributed by atoms with Crippen molar-refractivity contribution in [3.63, 3.8) is 0 Å². The number of ketones is 1. The highest BCUT2D eigenvalue weighted by Gasteiger charge is 2.22. The molecule has 1 aliphatic rings. The van der Waals surface area contributed by atoms with Gasteiger partial charge in [-0.2, -0.15) is 0 Å². The molecule has 0 N–H and O–H groups in total. The van der Waals surface area contributed by atoms with Crippen LogP contribution in [0.5, 0.6) is 0 Å². The van der Waals surface area contributed by atoms with Crippen LogP contribution in [0.15, 0.2) is 23.1 Å². The Labute approximate surface area is 102 Å². The molecule has 1 saturated heterocycles. The maximum Gasteiger partial charge on any atom is 0.281 e. The minimum absolute atomic E-state index is 0.122. The number of nitro benzene ring substituents is 1. The highest BCUT2D eigenvalue weighted by atomic mass is 32.2. The molecule has 2 rings (SSSR count). The number of nitrogens with zero attached hydrogens (tertiary/aromatic N) is 1. The third kappa shape index (κ3) is 2.65. The Morgan fingerprint density at radius 1 is 1.53 bits per heavy atom. The lowest BCUT2D eigenvalue weighted by Crippen LogP contribution is -2.30. The van der Waals surface area contributed by atoms with Gasteiger partial charge in [0.15, 0.2) is 5.78 Å². The van der Waals surface area contributed by atoms with Crippen molar-refractivity contribution >= 4 is 23.2 Å². The molecule has 1 fully saturated rings. The lowest BCUT2D eigenvalue weighted by atomic mass is 10.1. The van der Waals surface area contributed by atoms with E-state index in [9.17, 15) is 14.9 Å². The first-order valence-electron chi connectivity index (χ1n) is 5.11. The van der Waals surface area contributed by atoms with E-state index in [1.54, 1.807) is 17.8 Å². The summed E-state index contributed by atoms with van der Waals surface area (Å²) in [5.41, 5.74) is 0.0342. The Morgan fingerprint density at radius 3 is 2.71 bits per heavy atom. The molecule has 1 aliphatic heterocycles. The van der Waals surface area contributed by atoms with Crippen molar-refractivity contribution in [1.29, 1.82) is 0 Å². The first-order chi connectivity index (χ1) is 8.08. The first kappa shape index (κ1) is 12.1. The largest absolute Gasteiger partial charge is 0.379 e. The first-order valence-corrected chi connectivity index (χ1v) is 5.99. The molecule has 0 spiro atoms. The van der Waals surface area contributed by atoms with Gasteiger partial charge in [0.05, 0.1) is 29.0 Å². The monoisotopic (exact) mass is 253 g/mol. The zero-order valence-electron chi connectivity index (χ0n) is 9.21. The van der Waals surface area contributed by atoms with Crippen molar-refractivity contribution in [1.82, 2.24) is 0 Å². The molecule has 1 heterocycles. The summed E-state index contributed by atoms with van der Waals surface area (Å²) in [7, 11) is 0. The van der Waals surface area contributed by atoms with E-state index in [0.717, 1.165) is 4.90 Å². The Morgan fingerprint density at radius 2 is 2.24 bits per heavy atom. The van der Waals surface area contributed by atoms with Gasteiger partial charge in [-0.25, -0.2) is 0 Å². The number of carbonyl (C=O) groups is 1. The molecule has 5 nitrogen and oxygen atoms in total. The van der Waals surface area contributed by atoms with Gasteiger partial charge in [0.25, 0.3) is 5.69 Å². The van der Waals surface area contributed by atoms with Crippen LogP contribution < -0.4 is 0 Å². The van der Waals surface area contributed by atoms with Crippen LogP contribution in [0.1, 0.15) is 17.3 Å². The Bertz CT molecular complexity index is 471. The second-order valence-electron chi connectivity index (χ2n) is 3.77. The summed E-state index contributed by atoms with van der Waals surface area (Å²) in [4.78, 5) is 22.4. The Balaban J connectivity index is 2.27. The quantitative estimate of drug-likeness (QED) is 0.468. The van der Waals surface area contributed by atoms with E-state index in [-0.39, 0.29) is 17.0 Å². The van der Waals surface area contributed by atoms with Crippen LogP contribution >= 0.6 is 11.8 Å². The third-order valence-electron chi connectivity index (χ3n) is 2.46. The molecular weight excluding hydrogens is 242 g/mol. The van der Waals surface area contributed by atoms with Crippen LogP contribution in [0.3, 0.4) is 0 Å². The summed E-state index contributed by atoms with van der Waals surface area (Å²) in [6.45, 7) is 2.68. The average Bonchev–Trinajstić information content (AvgIpc) is 2.23. The number of thioether (sulfide) groups is 1. The van der Waals surface area contributed by atoms with E-state index in [1.807, 2.05) is 0 Å². The van der Waals surface area contributed by atoms with Crippen LogP contribution in [-0.4, -0.2) is 29.2 Å². The summed E-state index contributed by atoms with van der Waals surface area (Å²) in [5, 5.41) is 11.2. The molecular formula is C11H11NO4S. The van der Waals surface area contributed by atoms with Crippen molar-refractivity contribution in [3.8, 4) is 0 Å². The van der Waals surface area contributed by atoms with Crippen LogP contribution in [0.25, 0.3) is 0 Å². The molecule has 17 heavy (non-hydrogen) atoms. The summed E-state index contributed by atoms with van der Waals surface area (Å²) >= 11 is 1.54. The zero-order chi connectivity index (χ0) is 12.4. The fraction of sp³-hybridized carbons (Fsp3) is 0.364. The predicted octanol–water partition coefficient (Wildman–Crippen LogP) is 2.29. The molecule has 6 heteroatoms. The van der Waals surface area contributed by atoms with Crippen molar-refractivity contribution in [2.24, 2.45) is 0 Å². The number of hydrogen-bond acceptors (Lipinski definition) is 5. The maximum atomic E-state index is 11.2. The van der Waals surface area contributed by atoms with E-state index in [1.165, 1.54) is 19.1 Å². The average molecular weight is 253 g/mol. The fourth-order valence-corrected chi connectivity index (χ4v) is 2.55. The molecule has 0 saturated carbocycles. The molecule has 0 bridgehead atoms. The van der Waals surface area contributed by atoms with E-state index >= 15 is 0 Å². The third-order valence-corrected chi connectivity index (χ3v) is 3.59. The summed E-state index contributed by atoms with van der Waals surface area (Å²) in [6.07, 6.45) is 0. The minimum Gasteiger partial charge on any atom is -0.379 e. The number of carbonyl (C=O) groups excluding carboxylic acids is 1. The summed E-state index contributed by atoms with van der Waals surface area (Å²) in [5.74, 6) is -0.291. The molecule has 0 radical (unpaired) electrons. The van der Waals surface area contributed by atoms with E-state index in [2.05, 4.69) is 0 Å². The van der Waals surface area contributed by atoms with Crippen LogP contribution in [0, 0.1) is 10.1 Å². The van der Waals surface area contributed by atoms with Crippen LogP contribution in [0.2, 0.25) is 0 Å². The SMILES string of the molecule is CC(=O)c1ccc(SC2COC2)cc1[N+](=O)[O-].